The van der Waals surface area contributed by atoms with E-state index in [1.807, 2.05) is 13.8 Å². The molecule has 0 saturated carbocycles. The van der Waals surface area contributed by atoms with E-state index in [2.05, 4.69) is 9.71 Å². The largest absolute Gasteiger partial charge is 0.369 e. The van der Waals surface area contributed by atoms with E-state index < -0.39 is 16.0 Å². The number of unbranched alkanes of at least 4 members (excludes halogenated alkanes) is 1. The second kappa shape index (κ2) is 7.04. The molecule has 0 aliphatic carbocycles. The number of nitrogens with one attached hydrogen (secondary N) is 1. The zero-order valence-corrected chi connectivity index (χ0v) is 12.4. The van der Waals surface area contributed by atoms with Crippen molar-refractivity contribution in [3.05, 3.63) is 29.8 Å². The summed E-state index contributed by atoms with van der Waals surface area (Å²) in [5.74, 6) is -0.751. The van der Waals surface area contributed by atoms with E-state index in [4.69, 9.17) is 5.73 Å². The molecule has 0 spiro atoms. The summed E-state index contributed by atoms with van der Waals surface area (Å²) < 4.78 is 27.3. The van der Waals surface area contributed by atoms with Gasteiger partial charge in [0.15, 0.2) is 0 Å². The van der Waals surface area contributed by atoms with Crippen LogP contribution in [0.1, 0.15) is 31.7 Å². The van der Waals surface area contributed by atoms with Crippen LogP contribution in [-0.4, -0.2) is 20.3 Å². The van der Waals surface area contributed by atoms with Crippen LogP contribution in [-0.2, 0) is 14.8 Å². The number of nitrogens with two attached hydrogens (primary N) is 1. The number of nitrogens with zero attached hydrogens (tertiary/aromatic N) is 1. The highest BCUT2D eigenvalue weighted by Crippen LogP contribution is 2.12. The summed E-state index contributed by atoms with van der Waals surface area (Å²) in [7, 11) is -3.89. The summed E-state index contributed by atoms with van der Waals surface area (Å²) in [6, 6.07) is 6.22. The summed E-state index contributed by atoms with van der Waals surface area (Å²) >= 11 is 0. The maximum absolute atomic E-state index is 11.9. The fraction of sp³-hybridized carbons (Fsp3) is 0.385. The van der Waals surface area contributed by atoms with Gasteiger partial charge in [0.1, 0.15) is 0 Å². The molecule has 3 N–H and O–H groups in total. The van der Waals surface area contributed by atoms with Gasteiger partial charge in [0.2, 0.25) is 11.9 Å². The Balaban J connectivity index is 2.80. The Morgan fingerprint density at radius 1 is 1.30 bits per heavy atom. The van der Waals surface area contributed by atoms with E-state index in [1.54, 1.807) is 12.1 Å². The number of carbonyl (C=O) groups excluding carboxylic acids is 1. The Kier molecular flexibility index (Phi) is 5.69. The molecule has 1 aromatic rings. The minimum absolute atomic E-state index is 0.0360. The lowest BCUT2D eigenvalue weighted by Crippen LogP contribution is -2.37. The van der Waals surface area contributed by atoms with Crippen molar-refractivity contribution in [2.24, 2.45) is 10.1 Å². The predicted octanol–water partition coefficient (Wildman–Crippen LogP) is 1.30. The van der Waals surface area contributed by atoms with Gasteiger partial charge >= 0.3 is 0 Å². The average Bonchev–Trinajstić information content (AvgIpc) is 2.36. The molecule has 110 valence electrons. The van der Waals surface area contributed by atoms with Crippen molar-refractivity contribution >= 4 is 21.9 Å². The van der Waals surface area contributed by atoms with E-state index in [-0.39, 0.29) is 17.2 Å². The first-order chi connectivity index (χ1) is 9.35. The number of sulfonamides is 1. The van der Waals surface area contributed by atoms with Crippen LogP contribution in [0.4, 0.5) is 0 Å². The molecule has 0 radical (unpaired) electrons. The zero-order valence-electron chi connectivity index (χ0n) is 11.6. The second-order valence-electron chi connectivity index (χ2n) is 4.42. The minimum atomic E-state index is -3.89. The second-order valence-corrected chi connectivity index (χ2v) is 6.02. The number of amides is 1. The molecule has 6 nitrogen and oxygen atoms in total. The van der Waals surface area contributed by atoms with Gasteiger partial charge in [-0.2, -0.15) is 8.42 Å². The number of guanidine groups is 1. The van der Waals surface area contributed by atoms with Gasteiger partial charge in [0, 0.05) is 6.42 Å². The third kappa shape index (κ3) is 5.00. The number of carbonyl (C=O) groups is 1. The van der Waals surface area contributed by atoms with Crippen molar-refractivity contribution in [2.75, 3.05) is 0 Å². The molecule has 0 unspecified atom stereocenters. The molecular formula is C13H19N3O3S. The smallest absolute Gasteiger partial charge is 0.285 e. The number of hydrogen-bond acceptors (Lipinski definition) is 3. The Morgan fingerprint density at radius 3 is 2.45 bits per heavy atom. The van der Waals surface area contributed by atoms with Crippen molar-refractivity contribution in [3.8, 4) is 0 Å². The third-order valence-electron chi connectivity index (χ3n) is 2.56. The van der Waals surface area contributed by atoms with Crippen LogP contribution in [0.25, 0.3) is 0 Å². The molecule has 0 atom stereocenters. The minimum Gasteiger partial charge on any atom is -0.369 e. The fourth-order valence-corrected chi connectivity index (χ4v) is 2.35. The van der Waals surface area contributed by atoms with E-state index in [0.717, 1.165) is 12.0 Å². The van der Waals surface area contributed by atoms with E-state index in [0.29, 0.717) is 6.42 Å². The zero-order chi connectivity index (χ0) is 15.2. The number of rotatable bonds is 5. The maximum atomic E-state index is 11.9. The van der Waals surface area contributed by atoms with Gasteiger partial charge in [-0.05, 0) is 25.5 Å². The SMILES string of the molecule is CCCCC(=O)N/C(N)=N/S(=O)(=O)c1ccc(C)cc1. The van der Waals surface area contributed by atoms with Gasteiger partial charge < -0.3 is 5.73 Å². The van der Waals surface area contributed by atoms with Gasteiger partial charge in [0.05, 0.1) is 4.90 Å². The standard InChI is InChI=1S/C13H19N3O3S/c1-3-4-5-12(17)15-13(14)16-20(18,19)11-8-6-10(2)7-9-11/h6-9H,3-5H2,1-2H3,(H3,14,15,16,17). The van der Waals surface area contributed by atoms with Crippen LogP contribution in [0.3, 0.4) is 0 Å². The average molecular weight is 297 g/mol. The number of aryl methyl sites for hydroxylation is 1. The van der Waals surface area contributed by atoms with Crippen LogP contribution in [0.15, 0.2) is 33.6 Å². The molecule has 0 aliphatic rings. The van der Waals surface area contributed by atoms with Crippen LogP contribution < -0.4 is 11.1 Å². The quantitative estimate of drug-likeness (QED) is 0.631. The summed E-state index contributed by atoms with van der Waals surface area (Å²) in [5.41, 5.74) is 6.38. The predicted molar refractivity (Wildman–Crippen MR) is 77.7 cm³/mol. The molecule has 0 aliphatic heterocycles. The molecule has 0 saturated heterocycles. The van der Waals surface area contributed by atoms with Crippen LogP contribution in [0, 0.1) is 6.92 Å². The molecule has 1 amide bonds. The lowest BCUT2D eigenvalue weighted by molar-refractivity contribution is -0.119. The Bertz CT molecular complexity index is 592. The highest BCUT2D eigenvalue weighted by Gasteiger charge is 2.14. The molecule has 7 heteroatoms. The topological polar surface area (TPSA) is 102 Å². The number of benzene rings is 1. The molecule has 0 fully saturated rings. The van der Waals surface area contributed by atoms with Crippen LogP contribution in [0.5, 0.6) is 0 Å². The lowest BCUT2D eigenvalue weighted by Gasteiger charge is -2.04. The van der Waals surface area contributed by atoms with Crippen molar-refractivity contribution in [3.63, 3.8) is 0 Å². The monoisotopic (exact) mass is 297 g/mol. The maximum Gasteiger partial charge on any atom is 0.285 e. The summed E-state index contributed by atoms with van der Waals surface area (Å²) in [5, 5.41) is 2.26. The van der Waals surface area contributed by atoms with E-state index in [1.165, 1.54) is 12.1 Å². The van der Waals surface area contributed by atoms with Gasteiger partial charge in [-0.3, -0.25) is 10.1 Å². The number of hydrogen-bond donors (Lipinski definition) is 2. The van der Waals surface area contributed by atoms with E-state index >= 15 is 0 Å². The van der Waals surface area contributed by atoms with Crippen molar-refractivity contribution < 1.29 is 13.2 Å². The van der Waals surface area contributed by atoms with Gasteiger partial charge in [0.25, 0.3) is 10.0 Å². The van der Waals surface area contributed by atoms with Crippen molar-refractivity contribution in [1.82, 2.24) is 5.32 Å². The molecular weight excluding hydrogens is 278 g/mol. The van der Waals surface area contributed by atoms with Crippen molar-refractivity contribution in [1.29, 1.82) is 0 Å². The van der Waals surface area contributed by atoms with E-state index in [9.17, 15) is 13.2 Å². The Hall–Kier alpha value is -1.89. The Morgan fingerprint density at radius 2 is 1.90 bits per heavy atom. The fourth-order valence-electron chi connectivity index (χ4n) is 1.46. The lowest BCUT2D eigenvalue weighted by atomic mass is 10.2. The van der Waals surface area contributed by atoms with Crippen molar-refractivity contribution in [2.45, 2.75) is 38.0 Å². The normalized spacial score (nSPS) is 12.2. The molecule has 0 aromatic heterocycles. The molecule has 1 rings (SSSR count). The highest BCUT2D eigenvalue weighted by atomic mass is 32.2. The first kappa shape index (κ1) is 16.2. The first-order valence-corrected chi connectivity index (χ1v) is 7.76. The van der Waals surface area contributed by atoms with Crippen LogP contribution in [0.2, 0.25) is 0 Å². The first-order valence-electron chi connectivity index (χ1n) is 6.32. The summed E-state index contributed by atoms with van der Waals surface area (Å²) in [6.07, 6.45) is 1.87. The summed E-state index contributed by atoms with van der Waals surface area (Å²) in [6.45, 7) is 3.80. The molecule has 0 bridgehead atoms. The van der Waals surface area contributed by atoms with Gasteiger partial charge in [-0.15, -0.1) is 4.40 Å². The van der Waals surface area contributed by atoms with Crippen LogP contribution >= 0.6 is 0 Å². The third-order valence-corrected chi connectivity index (χ3v) is 3.87. The Labute approximate surface area is 119 Å². The van der Waals surface area contributed by atoms with Gasteiger partial charge in [-0.1, -0.05) is 31.0 Å². The molecule has 1 aromatic carbocycles. The summed E-state index contributed by atoms with van der Waals surface area (Å²) in [4.78, 5) is 11.4. The molecule has 0 heterocycles. The van der Waals surface area contributed by atoms with Gasteiger partial charge in [-0.25, -0.2) is 0 Å². The molecule has 20 heavy (non-hydrogen) atoms. The highest BCUT2D eigenvalue weighted by molar-refractivity contribution is 7.90.